The number of pyridine rings is 1. The topological polar surface area (TPSA) is 86.5 Å². The number of hydrogen-bond acceptors (Lipinski definition) is 5. The van der Waals surface area contributed by atoms with E-state index in [2.05, 4.69) is 10.3 Å². The first kappa shape index (κ1) is 18.3. The molecule has 6 nitrogen and oxygen atoms in total. The van der Waals surface area contributed by atoms with E-state index >= 15 is 0 Å². The monoisotopic (exact) mass is 363 g/mol. The minimum atomic E-state index is -0.518. The predicted molar refractivity (Wildman–Crippen MR) is 104 cm³/mol. The van der Waals surface area contributed by atoms with E-state index < -0.39 is 5.91 Å². The van der Waals surface area contributed by atoms with Crippen molar-refractivity contribution in [1.29, 1.82) is 0 Å². The van der Waals surface area contributed by atoms with Crippen LogP contribution in [0.4, 0.5) is 5.69 Å². The summed E-state index contributed by atoms with van der Waals surface area (Å²) in [7, 11) is 1.57. The highest BCUT2D eigenvalue weighted by Crippen LogP contribution is 2.30. The SMILES string of the molecule is COc1ccc(CNc2c(OCc3ccccc3)cccc2C(N)=O)cn1. The van der Waals surface area contributed by atoms with E-state index in [1.807, 2.05) is 42.5 Å². The largest absolute Gasteiger partial charge is 0.487 e. The molecule has 1 heterocycles. The molecule has 0 aliphatic carbocycles. The van der Waals surface area contributed by atoms with Crippen molar-refractivity contribution in [1.82, 2.24) is 4.98 Å². The van der Waals surface area contributed by atoms with Crippen molar-refractivity contribution in [3.8, 4) is 11.6 Å². The lowest BCUT2D eigenvalue weighted by Gasteiger charge is -2.16. The summed E-state index contributed by atoms with van der Waals surface area (Å²) in [6.45, 7) is 0.852. The van der Waals surface area contributed by atoms with Gasteiger partial charge in [0.05, 0.1) is 18.4 Å². The summed E-state index contributed by atoms with van der Waals surface area (Å²) in [5.41, 5.74) is 8.45. The number of nitrogens with zero attached hydrogens (tertiary/aromatic N) is 1. The van der Waals surface area contributed by atoms with Crippen LogP contribution in [-0.4, -0.2) is 18.0 Å². The van der Waals surface area contributed by atoms with Gasteiger partial charge in [0.25, 0.3) is 5.91 Å². The van der Waals surface area contributed by atoms with E-state index in [0.717, 1.165) is 11.1 Å². The Morgan fingerprint density at radius 1 is 1.04 bits per heavy atom. The maximum absolute atomic E-state index is 11.8. The van der Waals surface area contributed by atoms with Crippen LogP contribution in [0.3, 0.4) is 0 Å². The molecule has 3 N–H and O–H groups in total. The fraction of sp³-hybridized carbons (Fsp3) is 0.143. The number of primary amides is 1. The van der Waals surface area contributed by atoms with Crippen molar-refractivity contribution in [3.63, 3.8) is 0 Å². The molecule has 3 aromatic rings. The number of nitrogens with one attached hydrogen (secondary N) is 1. The van der Waals surface area contributed by atoms with Crippen molar-refractivity contribution in [2.75, 3.05) is 12.4 Å². The predicted octanol–water partition coefficient (Wildman–Crippen LogP) is 3.38. The van der Waals surface area contributed by atoms with Gasteiger partial charge in [0.2, 0.25) is 5.88 Å². The van der Waals surface area contributed by atoms with Crippen LogP contribution >= 0.6 is 0 Å². The number of nitrogens with two attached hydrogens (primary N) is 1. The van der Waals surface area contributed by atoms with Crippen LogP contribution in [0.1, 0.15) is 21.5 Å². The summed E-state index contributed by atoms with van der Waals surface area (Å²) in [6.07, 6.45) is 1.71. The van der Waals surface area contributed by atoms with E-state index in [1.165, 1.54) is 0 Å². The third-order valence-electron chi connectivity index (χ3n) is 4.00. The molecule has 27 heavy (non-hydrogen) atoms. The lowest BCUT2D eigenvalue weighted by atomic mass is 10.1. The van der Waals surface area contributed by atoms with E-state index in [4.69, 9.17) is 15.2 Å². The number of rotatable bonds is 8. The van der Waals surface area contributed by atoms with Gasteiger partial charge in [-0.15, -0.1) is 0 Å². The van der Waals surface area contributed by atoms with Crippen molar-refractivity contribution >= 4 is 11.6 Å². The van der Waals surface area contributed by atoms with Crippen LogP contribution in [0.2, 0.25) is 0 Å². The highest BCUT2D eigenvalue weighted by Gasteiger charge is 2.14. The number of carbonyl (C=O) groups is 1. The molecule has 2 aromatic carbocycles. The smallest absolute Gasteiger partial charge is 0.250 e. The lowest BCUT2D eigenvalue weighted by Crippen LogP contribution is -2.15. The van der Waals surface area contributed by atoms with Gasteiger partial charge in [0, 0.05) is 18.8 Å². The van der Waals surface area contributed by atoms with Crippen molar-refractivity contribution in [2.45, 2.75) is 13.2 Å². The Labute approximate surface area is 158 Å². The quantitative estimate of drug-likeness (QED) is 0.641. The van der Waals surface area contributed by atoms with Gasteiger partial charge in [-0.05, 0) is 23.3 Å². The number of amides is 1. The van der Waals surface area contributed by atoms with Crippen LogP contribution in [0.5, 0.6) is 11.6 Å². The van der Waals surface area contributed by atoms with Crippen LogP contribution in [0, 0.1) is 0 Å². The zero-order valence-corrected chi connectivity index (χ0v) is 15.0. The molecule has 1 amide bonds. The minimum Gasteiger partial charge on any atom is -0.487 e. The Balaban J connectivity index is 1.79. The Morgan fingerprint density at radius 3 is 2.52 bits per heavy atom. The van der Waals surface area contributed by atoms with E-state index in [1.54, 1.807) is 31.5 Å². The second-order valence-electron chi connectivity index (χ2n) is 5.88. The lowest BCUT2D eigenvalue weighted by molar-refractivity contribution is 0.100. The number of ether oxygens (including phenoxy) is 2. The second kappa shape index (κ2) is 8.71. The average Bonchev–Trinajstić information content (AvgIpc) is 2.71. The molecular formula is C21H21N3O3. The standard InChI is InChI=1S/C21H21N3O3/c1-26-19-11-10-16(12-23-19)13-24-20-17(21(22)25)8-5-9-18(20)27-14-15-6-3-2-4-7-15/h2-12,24H,13-14H2,1H3,(H2,22,25). The zero-order chi connectivity index (χ0) is 19.1. The molecule has 0 bridgehead atoms. The van der Waals surface area contributed by atoms with Crippen molar-refractivity contribution < 1.29 is 14.3 Å². The molecule has 3 rings (SSSR count). The number of para-hydroxylation sites is 1. The molecule has 0 fully saturated rings. The van der Waals surface area contributed by atoms with Gasteiger partial charge in [-0.1, -0.05) is 42.5 Å². The molecule has 0 aliphatic rings. The van der Waals surface area contributed by atoms with Gasteiger partial charge in [-0.2, -0.15) is 0 Å². The molecule has 0 atom stereocenters. The van der Waals surface area contributed by atoms with Crippen LogP contribution in [0.25, 0.3) is 0 Å². The van der Waals surface area contributed by atoms with Gasteiger partial charge in [0.15, 0.2) is 0 Å². The Kier molecular flexibility index (Phi) is 5.89. The third kappa shape index (κ3) is 4.76. The third-order valence-corrected chi connectivity index (χ3v) is 4.00. The van der Waals surface area contributed by atoms with E-state index in [-0.39, 0.29) is 0 Å². The molecular weight excluding hydrogens is 342 g/mol. The summed E-state index contributed by atoms with van der Waals surface area (Å²) in [5, 5.41) is 3.25. The summed E-state index contributed by atoms with van der Waals surface area (Å²) < 4.78 is 11.0. The molecule has 6 heteroatoms. The van der Waals surface area contributed by atoms with E-state index in [0.29, 0.717) is 36.0 Å². The molecule has 1 aromatic heterocycles. The Morgan fingerprint density at radius 2 is 1.85 bits per heavy atom. The molecule has 0 aliphatic heterocycles. The van der Waals surface area contributed by atoms with Gasteiger partial charge in [0.1, 0.15) is 12.4 Å². The number of hydrogen-bond donors (Lipinski definition) is 2. The number of anilines is 1. The van der Waals surface area contributed by atoms with Crippen LogP contribution in [0.15, 0.2) is 66.9 Å². The summed E-state index contributed by atoms with van der Waals surface area (Å²) in [4.78, 5) is 16.0. The normalized spacial score (nSPS) is 10.3. The summed E-state index contributed by atoms with van der Waals surface area (Å²) in [6, 6.07) is 18.7. The first-order chi connectivity index (χ1) is 13.2. The van der Waals surface area contributed by atoms with Gasteiger partial charge in [-0.3, -0.25) is 4.79 Å². The van der Waals surface area contributed by atoms with Crippen LogP contribution < -0.4 is 20.5 Å². The first-order valence-corrected chi connectivity index (χ1v) is 8.49. The second-order valence-corrected chi connectivity index (χ2v) is 5.88. The fourth-order valence-corrected chi connectivity index (χ4v) is 2.60. The fourth-order valence-electron chi connectivity index (χ4n) is 2.60. The molecule has 0 radical (unpaired) electrons. The van der Waals surface area contributed by atoms with Crippen molar-refractivity contribution in [2.24, 2.45) is 5.73 Å². The molecule has 0 unspecified atom stereocenters. The maximum atomic E-state index is 11.8. The summed E-state index contributed by atoms with van der Waals surface area (Å²) >= 11 is 0. The van der Waals surface area contributed by atoms with Crippen molar-refractivity contribution in [3.05, 3.63) is 83.6 Å². The van der Waals surface area contributed by atoms with Gasteiger partial charge >= 0.3 is 0 Å². The summed E-state index contributed by atoms with van der Waals surface area (Å²) in [5.74, 6) is 0.593. The Bertz CT molecular complexity index is 896. The highest BCUT2D eigenvalue weighted by atomic mass is 16.5. The van der Waals surface area contributed by atoms with E-state index in [9.17, 15) is 4.79 Å². The average molecular weight is 363 g/mol. The van der Waals surface area contributed by atoms with Gasteiger partial charge in [-0.25, -0.2) is 4.98 Å². The Hall–Kier alpha value is -3.54. The minimum absolute atomic E-state index is 0.377. The number of carbonyl (C=O) groups excluding carboxylic acids is 1. The number of benzene rings is 2. The highest BCUT2D eigenvalue weighted by molar-refractivity contribution is 5.99. The number of aromatic nitrogens is 1. The zero-order valence-electron chi connectivity index (χ0n) is 15.0. The number of methoxy groups -OCH3 is 1. The van der Waals surface area contributed by atoms with Crippen LogP contribution in [-0.2, 0) is 13.2 Å². The first-order valence-electron chi connectivity index (χ1n) is 8.49. The molecule has 0 saturated heterocycles. The molecule has 138 valence electrons. The van der Waals surface area contributed by atoms with Gasteiger partial charge < -0.3 is 20.5 Å². The molecule has 0 saturated carbocycles. The maximum Gasteiger partial charge on any atom is 0.250 e. The molecule has 0 spiro atoms.